The second-order valence-corrected chi connectivity index (χ2v) is 4.60. The summed E-state index contributed by atoms with van der Waals surface area (Å²) in [7, 11) is 0. The molecule has 2 aromatic heterocycles. The molecule has 15 heavy (non-hydrogen) atoms. The fraction of sp³-hybridized carbons (Fsp3) is 0.455. The Hall–Kier alpha value is -1.16. The second-order valence-electron chi connectivity index (χ2n) is 4.21. The van der Waals surface area contributed by atoms with Crippen molar-refractivity contribution in [2.45, 2.75) is 32.2 Å². The minimum absolute atomic E-state index is 0.570. The monoisotopic (exact) mass is 219 g/mol. The molecule has 3 nitrogen and oxygen atoms in total. The highest BCUT2D eigenvalue weighted by atomic mass is 32.1. The molecule has 1 saturated carbocycles. The number of fused-ring (bicyclic) bond motifs is 1. The minimum atomic E-state index is 0.570. The fourth-order valence-electron chi connectivity index (χ4n) is 2.08. The number of aryl methyl sites for hydroxylation is 1. The van der Waals surface area contributed by atoms with Crippen LogP contribution >= 0.6 is 12.2 Å². The lowest BCUT2D eigenvalue weighted by Gasteiger charge is -2.26. The summed E-state index contributed by atoms with van der Waals surface area (Å²) in [5.41, 5.74) is 3.12. The Labute approximate surface area is 93.1 Å². The van der Waals surface area contributed by atoms with Crippen LogP contribution < -0.4 is 0 Å². The maximum Gasteiger partial charge on any atom is 0.179 e. The van der Waals surface area contributed by atoms with E-state index in [4.69, 9.17) is 12.2 Å². The number of nitrogens with one attached hydrogen (secondary N) is 1. The molecule has 1 N–H and O–H groups in total. The van der Waals surface area contributed by atoms with E-state index in [1.807, 2.05) is 13.0 Å². The van der Waals surface area contributed by atoms with Gasteiger partial charge in [-0.05, 0) is 50.5 Å². The molecule has 0 amide bonds. The van der Waals surface area contributed by atoms with E-state index in [9.17, 15) is 0 Å². The summed E-state index contributed by atoms with van der Waals surface area (Å²) < 4.78 is 2.99. The van der Waals surface area contributed by atoms with Crippen LogP contribution in [0.25, 0.3) is 11.2 Å². The van der Waals surface area contributed by atoms with Gasteiger partial charge in [0.05, 0.1) is 5.52 Å². The molecule has 1 aliphatic rings. The molecular weight excluding hydrogens is 206 g/mol. The molecule has 2 aromatic rings. The number of aromatic amines is 1. The molecule has 1 aliphatic carbocycles. The van der Waals surface area contributed by atoms with Crippen molar-refractivity contribution in [3.63, 3.8) is 0 Å². The predicted molar refractivity (Wildman–Crippen MR) is 62.5 cm³/mol. The van der Waals surface area contributed by atoms with Crippen LogP contribution in [0.3, 0.4) is 0 Å². The van der Waals surface area contributed by atoms with Crippen LogP contribution in [0.2, 0.25) is 0 Å². The summed E-state index contributed by atoms with van der Waals surface area (Å²) in [5.74, 6) is 0. The Balaban J connectivity index is 2.29. The maximum absolute atomic E-state index is 5.34. The largest absolute Gasteiger partial charge is 0.329 e. The van der Waals surface area contributed by atoms with Gasteiger partial charge in [-0.3, -0.25) is 4.57 Å². The van der Waals surface area contributed by atoms with E-state index in [1.165, 1.54) is 19.3 Å². The number of rotatable bonds is 1. The van der Waals surface area contributed by atoms with Crippen LogP contribution in [0.1, 0.15) is 31.0 Å². The Morgan fingerprint density at radius 3 is 2.93 bits per heavy atom. The van der Waals surface area contributed by atoms with Crippen LogP contribution in [-0.4, -0.2) is 14.5 Å². The van der Waals surface area contributed by atoms with E-state index in [2.05, 4.69) is 20.6 Å². The van der Waals surface area contributed by atoms with Gasteiger partial charge < -0.3 is 4.98 Å². The molecule has 4 heteroatoms. The Morgan fingerprint density at radius 1 is 1.47 bits per heavy atom. The lowest BCUT2D eigenvalue weighted by atomic mass is 9.93. The van der Waals surface area contributed by atoms with Gasteiger partial charge in [-0.2, -0.15) is 0 Å². The molecule has 0 unspecified atom stereocenters. The lowest BCUT2D eigenvalue weighted by Crippen LogP contribution is -2.17. The first kappa shape index (κ1) is 9.09. The highest BCUT2D eigenvalue weighted by Crippen LogP contribution is 2.33. The lowest BCUT2D eigenvalue weighted by molar-refractivity contribution is 0.316. The first-order chi connectivity index (χ1) is 7.25. The quantitative estimate of drug-likeness (QED) is 0.748. The van der Waals surface area contributed by atoms with Crippen molar-refractivity contribution < 1.29 is 0 Å². The van der Waals surface area contributed by atoms with Gasteiger partial charge in [0, 0.05) is 11.7 Å². The number of pyridine rings is 1. The summed E-state index contributed by atoms with van der Waals surface area (Å²) in [6.45, 7) is 2.01. The van der Waals surface area contributed by atoms with Gasteiger partial charge >= 0.3 is 0 Å². The zero-order valence-corrected chi connectivity index (χ0v) is 9.47. The van der Waals surface area contributed by atoms with E-state index in [-0.39, 0.29) is 0 Å². The van der Waals surface area contributed by atoms with Crippen LogP contribution in [0.5, 0.6) is 0 Å². The summed E-state index contributed by atoms with van der Waals surface area (Å²) in [4.78, 5) is 7.78. The molecule has 3 rings (SSSR count). The summed E-state index contributed by atoms with van der Waals surface area (Å²) in [6, 6.07) is 4.64. The number of imidazole rings is 1. The third-order valence-corrected chi connectivity index (χ3v) is 3.44. The molecule has 0 aliphatic heterocycles. The molecule has 2 heterocycles. The summed E-state index contributed by atoms with van der Waals surface area (Å²) in [5, 5.41) is 0. The number of hydrogen-bond acceptors (Lipinski definition) is 2. The molecule has 0 atom stereocenters. The highest BCUT2D eigenvalue weighted by Gasteiger charge is 2.22. The van der Waals surface area contributed by atoms with Gasteiger partial charge in [0.25, 0.3) is 0 Å². The van der Waals surface area contributed by atoms with Crippen molar-refractivity contribution in [2.75, 3.05) is 0 Å². The summed E-state index contributed by atoms with van der Waals surface area (Å²) >= 11 is 5.34. The van der Waals surface area contributed by atoms with E-state index in [1.54, 1.807) is 0 Å². The van der Waals surface area contributed by atoms with Gasteiger partial charge in [-0.15, -0.1) is 0 Å². The number of aromatic nitrogens is 3. The third-order valence-electron chi connectivity index (χ3n) is 3.14. The molecule has 0 spiro atoms. The standard InChI is InChI=1S/C11H13N3S/c1-7-5-6-9-10(12-7)14(11(15)13-9)8-3-2-4-8/h5-6,8H,2-4H2,1H3,(H,13,15). The molecular formula is C11H13N3S. The van der Waals surface area contributed by atoms with Crippen LogP contribution in [-0.2, 0) is 0 Å². The third kappa shape index (κ3) is 1.32. The number of hydrogen-bond donors (Lipinski definition) is 1. The van der Waals surface area contributed by atoms with Gasteiger partial charge in [0.15, 0.2) is 10.4 Å². The van der Waals surface area contributed by atoms with Gasteiger partial charge in [0.2, 0.25) is 0 Å². The Bertz CT molecular complexity index is 563. The number of nitrogens with zero attached hydrogens (tertiary/aromatic N) is 2. The molecule has 0 radical (unpaired) electrons. The Kier molecular flexibility index (Phi) is 1.92. The highest BCUT2D eigenvalue weighted by molar-refractivity contribution is 7.71. The topological polar surface area (TPSA) is 33.6 Å². The van der Waals surface area contributed by atoms with Crippen molar-refractivity contribution in [1.29, 1.82) is 0 Å². The average molecular weight is 219 g/mol. The molecule has 0 saturated heterocycles. The second kappa shape index (κ2) is 3.17. The van der Waals surface area contributed by atoms with Crippen LogP contribution in [0.4, 0.5) is 0 Å². The molecule has 78 valence electrons. The van der Waals surface area contributed by atoms with Gasteiger partial charge in [-0.1, -0.05) is 0 Å². The fourth-order valence-corrected chi connectivity index (χ4v) is 2.42. The van der Waals surface area contributed by atoms with Crippen molar-refractivity contribution in [3.8, 4) is 0 Å². The smallest absolute Gasteiger partial charge is 0.179 e. The Morgan fingerprint density at radius 2 is 2.27 bits per heavy atom. The predicted octanol–water partition coefficient (Wildman–Crippen LogP) is 3.13. The maximum atomic E-state index is 5.34. The molecule has 0 bridgehead atoms. The molecule has 0 aromatic carbocycles. The zero-order chi connectivity index (χ0) is 10.4. The van der Waals surface area contributed by atoms with E-state index in [0.717, 1.165) is 21.6 Å². The van der Waals surface area contributed by atoms with E-state index >= 15 is 0 Å². The first-order valence-electron chi connectivity index (χ1n) is 5.33. The van der Waals surface area contributed by atoms with Crippen LogP contribution in [0.15, 0.2) is 12.1 Å². The van der Waals surface area contributed by atoms with Crippen LogP contribution in [0, 0.1) is 11.7 Å². The van der Waals surface area contributed by atoms with Gasteiger partial charge in [-0.25, -0.2) is 4.98 Å². The minimum Gasteiger partial charge on any atom is -0.329 e. The van der Waals surface area contributed by atoms with E-state index < -0.39 is 0 Å². The van der Waals surface area contributed by atoms with E-state index in [0.29, 0.717) is 6.04 Å². The van der Waals surface area contributed by atoms with Crippen molar-refractivity contribution in [2.24, 2.45) is 0 Å². The SMILES string of the molecule is Cc1ccc2[nH]c(=S)n(C3CCC3)c2n1. The normalized spacial score (nSPS) is 16.9. The first-order valence-corrected chi connectivity index (χ1v) is 5.74. The van der Waals surface area contributed by atoms with Crippen molar-refractivity contribution in [3.05, 3.63) is 22.6 Å². The number of H-pyrrole nitrogens is 1. The van der Waals surface area contributed by atoms with Crippen molar-refractivity contribution >= 4 is 23.4 Å². The summed E-state index contributed by atoms with van der Waals surface area (Å²) in [6.07, 6.45) is 3.78. The van der Waals surface area contributed by atoms with Crippen molar-refractivity contribution in [1.82, 2.24) is 14.5 Å². The van der Waals surface area contributed by atoms with Gasteiger partial charge in [0.1, 0.15) is 0 Å². The molecule has 1 fully saturated rings. The average Bonchev–Trinajstić information content (AvgIpc) is 2.42. The zero-order valence-electron chi connectivity index (χ0n) is 8.66.